The first-order valence-corrected chi connectivity index (χ1v) is 7.94. The van der Waals surface area contributed by atoms with Crippen LogP contribution >= 0.6 is 27.5 Å². The van der Waals surface area contributed by atoms with Crippen molar-refractivity contribution >= 4 is 27.5 Å². The number of ether oxygens (including phenoxy) is 1. The van der Waals surface area contributed by atoms with Crippen LogP contribution in [-0.4, -0.2) is 11.0 Å². The standard InChI is InChI=1S/C16H18BrClN2O/c1-10(2)19-8-12-6-14(18)16(20-9-12)21-15-7-13(17)5-4-11(15)3/h4-7,9-10,19H,8H2,1-3H3. The second-order valence-corrected chi connectivity index (χ2v) is 6.50. The van der Waals surface area contributed by atoms with Crippen molar-refractivity contribution in [2.24, 2.45) is 0 Å². The number of nitrogens with one attached hydrogen (secondary N) is 1. The first kappa shape index (κ1) is 16.3. The maximum absolute atomic E-state index is 6.26. The molecule has 5 heteroatoms. The van der Waals surface area contributed by atoms with E-state index in [1.807, 2.05) is 31.2 Å². The van der Waals surface area contributed by atoms with Gasteiger partial charge in [-0.1, -0.05) is 47.4 Å². The van der Waals surface area contributed by atoms with Gasteiger partial charge >= 0.3 is 0 Å². The van der Waals surface area contributed by atoms with E-state index < -0.39 is 0 Å². The molecule has 0 aliphatic rings. The molecule has 3 nitrogen and oxygen atoms in total. The van der Waals surface area contributed by atoms with E-state index in [0.717, 1.165) is 27.9 Å². The van der Waals surface area contributed by atoms with Crippen LogP contribution in [0.4, 0.5) is 0 Å². The highest BCUT2D eigenvalue weighted by Gasteiger charge is 2.09. The number of aryl methyl sites for hydroxylation is 1. The number of aromatic nitrogens is 1. The third-order valence-corrected chi connectivity index (χ3v) is 3.70. The molecule has 0 unspecified atom stereocenters. The summed E-state index contributed by atoms with van der Waals surface area (Å²) < 4.78 is 6.76. The van der Waals surface area contributed by atoms with E-state index in [1.165, 1.54) is 0 Å². The highest BCUT2D eigenvalue weighted by atomic mass is 79.9. The van der Waals surface area contributed by atoms with Gasteiger partial charge < -0.3 is 10.1 Å². The number of rotatable bonds is 5. The van der Waals surface area contributed by atoms with Gasteiger partial charge in [-0.25, -0.2) is 4.98 Å². The van der Waals surface area contributed by atoms with Gasteiger partial charge in [0, 0.05) is 23.3 Å². The lowest BCUT2D eigenvalue weighted by Gasteiger charge is -2.12. The SMILES string of the molecule is Cc1ccc(Br)cc1Oc1ncc(CNC(C)C)cc1Cl. The quantitative estimate of drug-likeness (QED) is 0.796. The Morgan fingerprint density at radius 3 is 2.76 bits per heavy atom. The molecule has 0 aliphatic carbocycles. The lowest BCUT2D eigenvalue weighted by atomic mass is 10.2. The van der Waals surface area contributed by atoms with Gasteiger partial charge in [0.15, 0.2) is 0 Å². The predicted octanol–water partition coefficient (Wildman–Crippen LogP) is 5.10. The van der Waals surface area contributed by atoms with E-state index in [0.29, 0.717) is 16.9 Å². The molecule has 1 aromatic carbocycles. The number of hydrogen-bond donors (Lipinski definition) is 1. The fourth-order valence-electron chi connectivity index (χ4n) is 1.75. The van der Waals surface area contributed by atoms with Crippen LogP contribution in [0.25, 0.3) is 0 Å². The van der Waals surface area contributed by atoms with E-state index in [2.05, 4.69) is 40.1 Å². The van der Waals surface area contributed by atoms with Crippen LogP contribution in [0.1, 0.15) is 25.0 Å². The minimum atomic E-state index is 0.420. The monoisotopic (exact) mass is 368 g/mol. The van der Waals surface area contributed by atoms with Crippen molar-refractivity contribution in [3.63, 3.8) is 0 Å². The smallest absolute Gasteiger partial charge is 0.238 e. The Bertz CT molecular complexity index is 632. The average Bonchev–Trinajstić information content (AvgIpc) is 2.43. The van der Waals surface area contributed by atoms with Crippen molar-refractivity contribution in [3.8, 4) is 11.6 Å². The molecule has 1 aromatic heterocycles. The summed E-state index contributed by atoms with van der Waals surface area (Å²) in [6.07, 6.45) is 1.78. The summed E-state index contributed by atoms with van der Waals surface area (Å²) in [5.41, 5.74) is 2.06. The summed E-state index contributed by atoms with van der Waals surface area (Å²) in [6.45, 7) is 6.92. The molecule has 0 aliphatic heterocycles. The molecule has 1 heterocycles. The van der Waals surface area contributed by atoms with Crippen molar-refractivity contribution < 1.29 is 4.74 Å². The number of benzene rings is 1. The third kappa shape index (κ3) is 4.70. The van der Waals surface area contributed by atoms with Gasteiger partial charge in [-0.3, -0.25) is 0 Å². The van der Waals surface area contributed by atoms with Crippen molar-refractivity contribution in [2.45, 2.75) is 33.4 Å². The van der Waals surface area contributed by atoms with Crippen molar-refractivity contribution in [1.82, 2.24) is 10.3 Å². The lowest BCUT2D eigenvalue weighted by Crippen LogP contribution is -2.21. The topological polar surface area (TPSA) is 34.1 Å². The van der Waals surface area contributed by atoms with Gasteiger partial charge in [0.25, 0.3) is 0 Å². The zero-order valence-electron chi connectivity index (χ0n) is 12.3. The minimum Gasteiger partial charge on any atom is -0.437 e. The van der Waals surface area contributed by atoms with Gasteiger partial charge in [0.2, 0.25) is 5.88 Å². The van der Waals surface area contributed by atoms with Crippen LogP contribution in [-0.2, 0) is 6.54 Å². The summed E-state index contributed by atoms with van der Waals surface area (Å²) in [7, 11) is 0. The maximum atomic E-state index is 6.26. The number of hydrogen-bond acceptors (Lipinski definition) is 3. The molecule has 0 radical (unpaired) electrons. The highest BCUT2D eigenvalue weighted by molar-refractivity contribution is 9.10. The molecule has 0 atom stereocenters. The Morgan fingerprint density at radius 1 is 1.33 bits per heavy atom. The molecule has 21 heavy (non-hydrogen) atoms. The van der Waals surface area contributed by atoms with Gasteiger partial charge in [-0.15, -0.1) is 0 Å². The van der Waals surface area contributed by atoms with Crippen LogP contribution in [0.3, 0.4) is 0 Å². The molecule has 1 N–H and O–H groups in total. The van der Waals surface area contributed by atoms with Crippen LogP contribution in [0, 0.1) is 6.92 Å². The van der Waals surface area contributed by atoms with Crippen molar-refractivity contribution in [1.29, 1.82) is 0 Å². The van der Waals surface area contributed by atoms with Crippen molar-refractivity contribution in [2.75, 3.05) is 0 Å². The second-order valence-electron chi connectivity index (χ2n) is 5.18. The molecule has 2 aromatic rings. The van der Waals surface area contributed by atoms with E-state index in [1.54, 1.807) is 6.20 Å². The minimum absolute atomic E-state index is 0.420. The van der Waals surface area contributed by atoms with Crippen LogP contribution in [0.5, 0.6) is 11.6 Å². The zero-order valence-corrected chi connectivity index (χ0v) is 14.6. The average molecular weight is 370 g/mol. The Kier molecular flexibility index (Phi) is 5.62. The fraction of sp³-hybridized carbons (Fsp3) is 0.312. The Morgan fingerprint density at radius 2 is 2.10 bits per heavy atom. The van der Waals surface area contributed by atoms with Crippen LogP contribution in [0.15, 0.2) is 34.9 Å². The summed E-state index contributed by atoms with van der Waals surface area (Å²) in [5, 5.41) is 3.84. The second kappa shape index (κ2) is 7.25. The first-order valence-electron chi connectivity index (χ1n) is 6.77. The zero-order chi connectivity index (χ0) is 15.4. The largest absolute Gasteiger partial charge is 0.437 e. The summed E-state index contributed by atoms with van der Waals surface area (Å²) in [4.78, 5) is 4.31. The van der Waals surface area contributed by atoms with E-state index >= 15 is 0 Å². The van der Waals surface area contributed by atoms with Gasteiger partial charge in [0.1, 0.15) is 10.8 Å². The summed E-state index contributed by atoms with van der Waals surface area (Å²) in [5.74, 6) is 1.16. The summed E-state index contributed by atoms with van der Waals surface area (Å²) in [6, 6.07) is 8.16. The molecule has 0 fully saturated rings. The third-order valence-electron chi connectivity index (χ3n) is 2.94. The molecule has 2 rings (SSSR count). The fourth-order valence-corrected chi connectivity index (χ4v) is 2.31. The molecule has 112 valence electrons. The predicted molar refractivity (Wildman–Crippen MR) is 90.2 cm³/mol. The molecule has 0 saturated carbocycles. The molecule has 0 spiro atoms. The first-order chi connectivity index (χ1) is 9.95. The van der Waals surface area contributed by atoms with Gasteiger partial charge in [-0.05, 0) is 36.2 Å². The van der Waals surface area contributed by atoms with Crippen LogP contribution < -0.4 is 10.1 Å². The molecular formula is C16H18BrClN2O. The molecular weight excluding hydrogens is 352 g/mol. The van der Waals surface area contributed by atoms with Gasteiger partial charge in [-0.2, -0.15) is 0 Å². The summed E-state index contributed by atoms with van der Waals surface area (Å²) >= 11 is 9.69. The number of pyridine rings is 1. The maximum Gasteiger partial charge on any atom is 0.238 e. The van der Waals surface area contributed by atoms with Gasteiger partial charge in [0.05, 0.1) is 0 Å². The molecule has 0 bridgehead atoms. The molecule has 0 saturated heterocycles. The number of nitrogens with zero attached hydrogens (tertiary/aromatic N) is 1. The lowest BCUT2D eigenvalue weighted by molar-refractivity contribution is 0.458. The van der Waals surface area contributed by atoms with Crippen LogP contribution in [0.2, 0.25) is 5.02 Å². The normalized spacial score (nSPS) is 11.0. The van der Waals surface area contributed by atoms with E-state index in [4.69, 9.17) is 16.3 Å². The Labute approximate surface area is 138 Å². The Balaban J connectivity index is 2.15. The molecule has 0 amide bonds. The van der Waals surface area contributed by atoms with E-state index in [-0.39, 0.29) is 0 Å². The highest BCUT2D eigenvalue weighted by Crippen LogP contribution is 2.31. The number of halogens is 2. The van der Waals surface area contributed by atoms with Crippen molar-refractivity contribution in [3.05, 3.63) is 51.1 Å². The van der Waals surface area contributed by atoms with E-state index in [9.17, 15) is 0 Å². The Hall–Kier alpha value is -1.10.